The lowest BCUT2D eigenvalue weighted by molar-refractivity contribution is -0.131. The highest BCUT2D eigenvalue weighted by atomic mass is 16.2. The number of hydrogen-bond acceptors (Lipinski definition) is 2. The van der Waals surface area contributed by atoms with Crippen LogP contribution in [0.3, 0.4) is 0 Å². The molecule has 0 aliphatic carbocycles. The highest BCUT2D eigenvalue weighted by Crippen LogP contribution is 2.09. The molecule has 1 aliphatic heterocycles. The smallest absolute Gasteiger partial charge is 0.251 e. The largest absolute Gasteiger partial charge is 0.341 e. The van der Waals surface area contributed by atoms with E-state index in [0.29, 0.717) is 5.56 Å². The van der Waals surface area contributed by atoms with Crippen LogP contribution in [-0.2, 0) is 4.79 Å². The predicted octanol–water partition coefficient (Wildman–Crippen LogP) is 1.43. The molecular weight excluding hydrogens is 228 g/mol. The molecule has 1 aliphatic rings. The third-order valence-electron chi connectivity index (χ3n) is 3.17. The van der Waals surface area contributed by atoms with Crippen LogP contribution in [0.4, 0.5) is 0 Å². The summed E-state index contributed by atoms with van der Waals surface area (Å²) in [5.74, 6) is -0.188. The minimum atomic E-state index is -0.462. The molecule has 1 heterocycles. The second-order valence-electron chi connectivity index (χ2n) is 4.59. The van der Waals surface area contributed by atoms with Crippen molar-refractivity contribution in [2.24, 2.45) is 0 Å². The molecule has 1 fully saturated rings. The lowest BCUT2D eigenvalue weighted by Crippen LogP contribution is -2.45. The van der Waals surface area contributed by atoms with Gasteiger partial charge in [-0.25, -0.2) is 0 Å². The van der Waals surface area contributed by atoms with Gasteiger partial charge in [-0.3, -0.25) is 9.59 Å². The minimum absolute atomic E-state index is 0.0109. The average Bonchev–Trinajstić information content (AvgIpc) is 2.92. The van der Waals surface area contributed by atoms with Crippen molar-refractivity contribution >= 4 is 11.8 Å². The van der Waals surface area contributed by atoms with Crippen LogP contribution < -0.4 is 5.32 Å². The fraction of sp³-hybridized carbons (Fsp3) is 0.429. The van der Waals surface area contributed by atoms with Gasteiger partial charge in [0.05, 0.1) is 0 Å². The first-order valence-corrected chi connectivity index (χ1v) is 6.33. The second-order valence-corrected chi connectivity index (χ2v) is 4.59. The maximum atomic E-state index is 12.0. The molecule has 1 saturated heterocycles. The van der Waals surface area contributed by atoms with E-state index in [4.69, 9.17) is 0 Å². The van der Waals surface area contributed by atoms with E-state index in [2.05, 4.69) is 5.32 Å². The van der Waals surface area contributed by atoms with Crippen LogP contribution in [0.5, 0.6) is 0 Å². The van der Waals surface area contributed by atoms with Gasteiger partial charge in [0.25, 0.3) is 5.91 Å². The Labute approximate surface area is 107 Å². The van der Waals surface area contributed by atoms with Crippen molar-refractivity contribution in [1.82, 2.24) is 10.2 Å². The Balaban J connectivity index is 1.92. The van der Waals surface area contributed by atoms with Crippen molar-refractivity contribution in [3.05, 3.63) is 35.9 Å². The molecule has 4 heteroatoms. The number of nitrogens with one attached hydrogen (secondary N) is 1. The van der Waals surface area contributed by atoms with Crippen LogP contribution in [0.15, 0.2) is 30.3 Å². The Morgan fingerprint density at radius 3 is 2.39 bits per heavy atom. The fourth-order valence-corrected chi connectivity index (χ4v) is 2.14. The van der Waals surface area contributed by atoms with Crippen molar-refractivity contribution < 1.29 is 9.59 Å². The molecule has 2 rings (SSSR count). The zero-order chi connectivity index (χ0) is 13.0. The summed E-state index contributed by atoms with van der Waals surface area (Å²) in [6.07, 6.45) is 2.12. The molecule has 2 amide bonds. The molecule has 4 nitrogen and oxygen atoms in total. The van der Waals surface area contributed by atoms with E-state index in [-0.39, 0.29) is 11.8 Å². The van der Waals surface area contributed by atoms with Gasteiger partial charge in [0.15, 0.2) is 0 Å². The fourth-order valence-electron chi connectivity index (χ4n) is 2.14. The predicted molar refractivity (Wildman–Crippen MR) is 69.2 cm³/mol. The van der Waals surface area contributed by atoms with E-state index in [1.54, 1.807) is 19.1 Å². The van der Waals surface area contributed by atoms with Crippen LogP contribution in [0.2, 0.25) is 0 Å². The topological polar surface area (TPSA) is 49.4 Å². The molecule has 0 radical (unpaired) electrons. The molecule has 0 bridgehead atoms. The van der Waals surface area contributed by atoms with Crippen LogP contribution in [-0.4, -0.2) is 35.8 Å². The summed E-state index contributed by atoms with van der Waals surface area (Å²) in [5, 5.41) is 2.74. The molecule has 0 spiro atoms. The van der Waals surface area contributed by atoms with Crippen molar-refractivity contribution in [2.75, 3.05) is 13.1 Å². The normalized spacial score (nSPS) is 16.4. The van der Waals surface area contributed by atoms with Crippen molar-refractivity contribution in [3.63, 3.8) is 0 Å². The molecule has 18 heavy (non-hydrogen) atoms. The molecule has 96 valence electrons. The Hall–Kier alpha value is -1.84. The molecule has 1 aromatic carbocycles. The van der Waals surface area contributed by atoms with Crippen LogP contribution in [0.1, 0.15) is 30.1 Å². The zero-order valence-corrected chi connectivity index (χ0v) is 10.6. The van der Waals surface area contributed by atoms with E-state index in [0.717, 1.165) is 25.9 Å². The Bertz CT molecular complexity index is 425. The number of rotatable bonds is 3. The summed E-state index contributed by atoms with van der Waals surface area (Å²) in [7, 11) is 0. The molecule has 1 unspecified atom stereocenters. The quantitative estimate of drug-likeness (QED) is 0.877. The number of likely N-dealkylation sites (tertiary alicyclic amines) is 1. The summed E-state index contributed by atoms with van der Waals surface area (Å²) in [6, 6.07) is 8.49. The van der Waals surface area contributed by atoms with Crippen molar-refractivity contribution in [1.29, 1.82) is 0 Å². The number of carbonyl (C=O) groups is 2. The van der Waals surface area contributed by atoms with Crippen molar-refractivity contribution in [3.8, 4) is 0 Å². The van der Waals surface area contributed by atoms with E-state index in [9.17, 15) is 9.59 Å². The highest BCUT2D eigenvalue weighted by molar-refractivity contribution is 5.97. The first-order valence-electron chi connectivity index (χ1n) is 6.33. The third kappa shape index (κ3) is 2.88. The van der Waals surface area contributed by atoms with Crippen LogP contribution >= 0.6 is 0 Å². The molecule has 0 aromatic heterocycles. The van der Waals surface area contributed by atoms with Crippen molar-refractivity contribution in [2.45, 2.75) is 25.8 Å². The summed E-state index contributed by atoms with van der Waals surface area (Å²) in [4.78, 5) is 25.7. The van der Waals surface area contributed by atoms with Gasteiger partial charge >= 0.3 is 0 Å². The average molecular weight is 246 g/mol. The number of benzene rings is 1. The second kappa shape index (κ2) is 5.67. The first kappa shape index (κ1) is 12.6. The Morgan fingerprint density at radius 1 is 1.17 bits per heavy atom. The Morgan fingerprint density at radius 2 is 1.78 bits per heavy atom. The first-order chi connectivity index (χ1) is 8.68. The molecule has 1 atom stereocenters. The molecular formula is C14H18N2O2. The van der Waals surface area contributed by atoms with Gasteiger partial charge in [-0.15, -0.1) is 0 Å². The Kier molecular flexibility index (Phi) is 3.97. The van der Waals surface area contributed by atoms with Gasteiger partial charge in [0.2, 0.25) is 5.91 Å². The highest BCUT2D eigenvalue weighted by Gasteiger charge is 2.24. The maximum Gasteiger partial charge on any atom is 0.251 e. The van der Waals surface area contributed by atoms with Crippen LogP contribution in [0, 0.1) is 0 Å². The van der Waals surface area contributed by atoms with Gasteiger partial charge < -0.3 is 10.2 Å². The number of carbonyl (C=O) groups excluding carboxylic acids is 2. The van der Waals surface area contributed by atoms with E-state index < -0.39 is 6.04 Å². The molecule has 1 aromatic rings. The number of nitrogens with zero attached hydrogens (tertiary/aromatic N) is 1. The van der Waals surface area contributed by atoms with Gasteiger partial charge in [-0.1, -0.05) is 18.2 Å². The number of hydrogen-bond donors (Lipinski definition) is 1. The van der Waals surface area contributed by atoms with Gasteiger partial charge in [-0.2, -0.15) is 0 Å². The van der Waals surface area contributed by atoms with E-state index in [1.807, 2.05) is 23.1 Å². The SMILES string of the molecule is CC(NC(=O)c1ccccc1)C(=O)N1CCCC1. The van der Waals surface area contributed by atoms with E-state index in [1.165, 1.54) is 0 Å². The summed E-state index contributed by atoms with van der Waals surface area (Å²) in [6.45, 7) is 3.36. The van der Waals surface area contributed by atoms with Crippen LogP contribution in [0.25, 0.3) is 0 Å². The molecule has 1 N–H and O–H groups in total. The standard InChI is InChI=1S/C14H18N2O2/c1-11(14(18)16-9-5-6-10-16)15-13(17)12-7-3-2-4-8-12/h2-4,7-8,11H,5-6,9-10H2,1H3,(H,15,17). The zero-order valence-electron chi connectivity index (χ0n) is 10.6. The summed E-state index contributed by atoms with van der Waals surface area (Å²) in [5.41, 5.74) is 0.582. The van der Waals surface area contributed by atoms with Gasteiger partial charge in [-0.05, 0) is 31.9 Å². The third-order valence-corrected chi connectivity index (χ3v) is 3.17. The monoisotopic (exact) mass is 246 g/mol. The van der Waals surface area contributed by atoms with Gasteiger partial charge in [0.1, 0.15) is 6.04 Å². The molecule has 0 saturated carbocycles. The lowest BCUT2D eigenvalue weighted by Gasteiger charge is -2.21. The lowest BCUT2D eigenvalue weighted by atomic mass is 10.2. The van der Waals surface area contributed by atoms with E-state index >= 15 is 0 Å². The maximum absolute atomic E-state index is 12.0. The summed E-state index contributed by atoms with van der Waals surface area (Å²) < 4.78 is 0. The summed E-state index contributed by atoms with van der Waals surface area (Å²) >= 11 is 0. The number of amides is 2. The van der Waals surface area contributed by atoms with Gasteiger partial charge in [0, 0.05) is 18.7 Å². The minimum Gasteiger partial charge on any atom is -0.341 e.